The van der Waals surface area contributed by atoms with E-state index in [4.69, 9.17) is 11.6 Å². The molecule has 0 radical (unpaired) electrons. The number of alkyl halides is 3. The van der Waals surface area contributed by atoms with E-state index in [0.29, 0.717) is 6.54 Å². The van der Waals surface area contributed by atoms with Crippen LogP contribution in [0.25, 0.3) is 11.3 Å². The standard InChI is InChI=1S/C18H12ClF3N2O/c19-17-13(7-4-8-14(17)18(20,21)22)15-9-16(25)23-11-24(15)10-12-5-2-1-3-6-12/h1-9,11H,10H2. The van der Waals surface area contributed by atoms with Crippen LogP contribution >= 0.6 is 11.6 Å². The minimum Gasteiger partial charge on any atom is -0.327 e. The smallest absolute Gasteiger partial charge is 0.327 e. The first kappa shape index (κ1) is 17.2. The molecule has 7 heteroatoms. The van der Waals surface area contributed by atoms with Gasteiger partial charge in [-0.1, -0.05) is 54.1 Å². The summed E-state index contributed by atoms with van der Waals surface area (Å²) in [5, 5.41) is -0.442. The maximum Gasteiger partial charge on any atom is 0.417 e. The number of halogens is 4. The van der Waals surface area contributed by atoms with Crippen LogP contribution in [0.4, 0.5) is 13.2 Å². The first-order valence-corrected chi connectivity index (χ1v) is 7.70. The number of hydrogen-bond acceptors (Lipinski definition) is 2. The zero-order valence-electron chi connectivity index (χ0n) is 12.8. The number of aromatic nitrogens is 2. The molecule has 0 saturated carbocycles. The molecular weight excluding hydrogens is 353 g/mol. The lowest BCUT2D eigenvalue weighted by atomic mass is 10.1. The summed E-state index contributed by atoms with van der Waals surface area (Å²) in [5.74, 6) is 0. The lowest BCUT2D eigenvalue weighted by molar-refractivity contribution is -0.137. The van der Waals surface area contributed by atoms with Crippen molar-refractivity contribution in [3.63, 3.8) is 0 Å². The minimum absolute atomic E-state index is 0.131. The summed E-state index contributed by atoms with van der Waals surface area (Å²) in [7, 11) is 0. The Labute approximate surface area is 146 Å². The molecule has 0 N–H and O–H groups in total. The van der Waals surface area contributed by atoms with Gasteiger partial charge in [0.05, 0.1) is 22.6 Å². The molecule has 2 aromatic carbocycles. The average Bonchev–Trinajstić information content (AvgIpc) is 2.57. The molecule has 128 valence electrons. The maximum atomic E-state index is 13.1. The van der Waals surface area contributed by atoms with E-state index in [0.717, 1.165) is 11.6 Å². The topological polar surface area (TPSA) is 34.9 Å². The fraction of sp³-hybridized carbons (Fsp3) is 0.111. The number of nitrogens with zero attached hydrogens (tertiary/aromatic N) is 2. The van der Waals surface area contributed by atoms with Crippen molar-refractivity contribution in [3.05, 3.63) is 87.4 Å². The SMILES string of the molecule is O=c1cc(-c2cccc(C(F)(F)F)c2Cl)n(Cc2ccccc2)cn1. The molecule has 1 aromatic heterocycles. The fourth-order valence-electron chi connectivity index (χ4n) is 2.51. The highest BCUT2D eigenvalue weighted by Gasteiger charge is 2.34. The fourth-order valence-corrected chi connectivity index (χ4v) is 2.84. The van der Waals surface area contributed by atoms with E-state index in [1.807, 2.05) is 30.3 Å². The number of benzene rings is 2. The van der Waals surface area contributed by atoms with Crippen LogP contribution in [0.5, 0.6) is 0 Å². The second kappa shape index (κ2) is 6.72. The summed E-state index contributed by atoms with van der Waals surface area (Å²) < 4.78 is 40.9. The molecule has 1 heterocycles. The van der Waals surface area contributed by atoms with Crippen LogP contribution in [0.1, 0.15) is 11.1 Å². The van der Waals surface area contributed by atoms with E-state index in [9.17, 15) is 18.0 Å². The largest absolute Gasteiger partial charge is 0.417 e. The lowest BCUT2D eigenvalue weighted by Crippen LogP contribution is -2.14. The van der Waals surface area contributed by atoms with Crippen molar-refractivity contribution in [2.75, 3.05) is 0 Å². The Morgan fingerprint density at radius 3 is 2.44 bits per heavy atom. The van der Waals surface area contributed by atoms with Crippen molar-refractivity contribution in [2.24, 2.45) is 0 Å². The van der Waals surface area contributed by atoms with Gasteiger partial charge in [0.1, 0.15) is 0 Å². The normalized spacial score (nSPS) is 11.5. The molecule has 0 fully saturated rings. The average molecular weight is 365 g/mol. The maximum absolute atomic E-state index is 13.1. The van der Waals surface area contributed by atoms with Crippen molar-refractivity contribution in [1.29, 1.82) is 0 Å². The molecule has 0 aliphatic carbocycles. The van der Waals surface area contributed by atoms with E-state index in [-0.39, 0.29) is 11.3 Å². The summed E-state index contributed by atoms with van der Waals surface area (Å²) in [4.78, 5) is 15.4. The molecule has 0 aliphatic heterocycles. The molecule has 3 rings (SSSR count). The van der Waals surface area contributed by atoms with Gasteiger partial charge in [-0.05, 0) is 11.6 Å². The Morgan fingerprint density at radius 1 is 1.04 bits per heavy atom. The molecule has 0 saturated heterocycles. The highest BCUT2D eigenvalue weighted by atomic mass is 35.5. The van der Waals surface area contributed by atoms with Gasteiger partial charge in [0, 0.05) is 18.2 Å². The molecule has 3 aromatic rings. The van der Waals surface area contributed by atoms with Crippen LogP contribution in [-0.4, -0.2) is 9.55 Å². The summed E-state index contributed by atoms with van der Waals surface area (Å²) >= 11 is 6.00. The molecule has 0 atom stereocenters. The van der Waals surface area contributed by atoms with Gasteiger partial charge in [0.2, 0.25) is 0 Å². The molecule has 0 spiro atoms. The Balaban J connectivity index is 2.15. The van der Waals surface area contributed by atoms with Gasteiger partial charge >= 0.3 is 6.18 Å². The van der Waals surface area contributed by atoms with Gasteiger partial charge < -0.3 is 4.57 Å². The zero-order chi connectivity index (χ0) is 18.0. The Morgan fingerprint density at radius 2 is 1.76 bits per heavy atom. The summed E-state index contributed by atoms with van der Waals surface area (Å²) in [6.45, 7) is 0.343. The monoisotopic (exact) mass is 364 g/mol. The van der Waals surface area contributed by atoms with E-state index in [1.165, 1.54) is 24.5 Å². The van der Waals surface area contributed by atoms with Crippen LogP contribution in [0.2, 0.25) is 5.02 Å². The van der Waals surface area contributed by atoms with Crippen molar-refractivity contribution in [1.82, 2.24) is 9.55 Å². The van der Waals surface area contributed by atoms with Crippen LogP contribution in [0, 0.1) is 0 Å². The lowest BCUT2D eigenvalue weighted by Gasteiger charge is -2.16. The van der Waals surface area contributed by atoms with Crippen molar-refractivity contribution >= 4 is 11.6 Å². The highest BCUT2D eigenvalue weighted by molar-refractivity contribution is 6.34. The first-order chi connectivity index (χ1) is 11.9. The number of hydrogen-bond donors (Lipinski definition) is 0. The predicted molar refractivity (Wildman–Crippen MR) is 89.5 cm³/mol. The summed E-state index contributed by atoms with van der Waals surface area (Å²) in [5.41, 5.74) is -0.167. The molecule has 0 bridgehead atoms. The predicted octanol–water partition coefficient (Wildman–Crippen LogP) is 4.63. The van der Waals surface area contributed by atoms with Crippen LogP contribution < -0.4 is 5.56 Å². The highest BCUT2D eigenvalue weighted by Crippen LogP contribution is 2.39. The quantitative estimate of drug-likeness (QED) is 0.679. The Kier molecular flexibility index (Phi) is 4.63. The van der Waals surface area contributed by atoms with E-state index < -0.39 is 22.3 Å². The second-order valence-corrected chi connectivity index (χ2v) is 5.77. The first-order valence-electron chi connectivity index (χ1n) is 7.33. The van der Waals surface area contributed by atoms with E-state index in [2.05, 4.69) is 4.98 Å². The van der Waals surface area contributed by atoms with Gasteiger partial charge in [-0.25, -0.2) is 0 Å². The summed E-state index contributed by atoms with van der Waals surface area (Å²) in [6.07, 6.45) is -3.27. The molecule has 0 amide bonds. The van der Waals surface area contributed by atoms with E-state index in [1.54, 1.807) is 4.57 Å². The van der Waals surface area contributed by atoms with Crippen molar-refractivity contribution in [3.8, 4) is 11.3 Å². The van der Waals surface area contributed by atoms with E-state index >= 15 is 0 Å². The van der Waals surface area contributed by atoms with Gasteiger partial charge in [0.15, 0.2) is 0 Å². The van der Waals surface area contributed by atoms with Gasteiger partial charge in [0.25, 0.3) is 5.56 Å². The number of rotatable bonds is 3. The Bertz CT molecular complexity index is 953. The van der Waals surface area contributed by atoms with Gasteiger partial charge in [-0.15, -0.1) is 0 Å². The third-order valence-electron chi connectivity index (χ3n) is 3.67. The van der Waals surface area contributed by atoms with Crippen LogP contribution in [-0.2, 0) is 12.7 Å². The minimum atomic E-state index is -4.58. The second-order valence-electron chi connectivity index (χ2n) is 5.39. The summed E-state index contributed by atoms with van der Waals surface area (Å²) in [6, 6.07) is 14.1. The van der Waals surface area contributed by atoms with Gasteiger partial charge in [-0.3, -0.25) is 4.79 Å². The van der Waals surface area contributed by atoms with Crippen LogP contribution in [0.15, 0.2) is 65.7 Å². The van der Waals surface area contributed by atoms with Crippen molar-refractivity contribution < 1.29 is 13.2 Å². The van der Waals surface area contributed by atoms with Crippen molar-refractivity contribution in [2.45, 2.75) is 12.7 Å². The van der Waals surface area contributed by atoms with Gasteiger partial charge in [-0.2, -0.15) is 18.2 Å². The molecule has 0 aliphatic rings. The zero-order valence-corrected chi connectivity index (χ0v) is 13.6. The molecule has 3 nitrogen and oxygen atoms in total. The molecule has 25 heavy (non-hydrogen) atoms. The molecule has 0 unspecified atom stereocenters. The Hall–Kier alpha value is -2.60. The third kappa shape index (κ3) is 3.74. The van der Waals surface area contributed by atoms with Crippen LogP contribution in [0.3, 0.4) is 0 Å². The third-order valence-corrected chi connectivity index (χ3v) is 4.08. The molecular formula is C18H12ClF3N2O.